The molecule has 0 atom stereocenters. The zero-order valence-corrected chi connectivity index (χ0v) is 11.2. The number of aryl methyl sites for hydroxylation is 1. The van der Waals surface area contributed by atoms with Crippen LogP contribution >= 0.6 is 0 Å². The second-order valence-electron chi connectivity index (χ2n) is 4.90. The van der Waals surface area contributed by atoms with Crippen LogP contribution in [0.25, 0.3) is 16.7 Å². The number of fused-ring (bicyclic) bond motifs is 1. The number of hydrogen-bond donors (Lipinski definition) is 1. The fourth-order valence-corrected chi connectivity index (χ4v) is 2.27. The second kappa shape index (κ2) is 4.81. The van der Waals surface area contributed by atoms with Crippen LogP contribution in [0.4, 0.5) is 0 Å². The molecule has 0 aliphatic carbocycles. The maximum absolute atomic E-state index is 9.34. The van der Waals surface area contributed by atoms with Crippen molar-refractivity contribution in [2.45, 2.75) is 13.3 Å². The van der Waals surface area contributed by atoms with Crippen LogP contribution in [-0.4, -0.2) is 20.1 Å². The van der Waals surface area contributed by atoms with E-state index >= 15 is 0 Å². The summed E-state index contributed by atoms with van der Waals surface area (Å²) >= 11 is 0. The van der Waals surface area contributed by atoms with Crippen molar-refractivity contribution in [3.05, 3.63) is 65.9 Å². The Labute approximate surface area is 117 Å². The summed E-state index contributed by atoms with van der Waals surface area (Å²) in [7, 11) is 0. The highest BCUT2D eigenvalue weighted by molar-refractivity contribution is 5.73. The van der Waals surface area contributed by atoms with Gasteiger partial charge in [0, 0.05) is 6.42 Å². The molecule has 0 amide bonds. The summed E-state index contributed by atoms with van der Waals surface area (Å²) < 4.78 is 0. The van der Waals surface area contributed by atoms with E-state index in [0.717, 1.165) is 27.8 Å². The Morgan fingerprint density at radius 2 is 1.80 bits per heavy atom. The summed E-state index contributed by atoms with van der Waals surface area (Å²) in [5.74, 6) is 0.153. The maximum Gasteiger partial charge on any atom is 0.113 e. The zero-order valence-electron chi connectivity index (χ0n) is 11.2. The molecule has 3 aromatic rings. The van der Waals surface area contributed by atoms with Gasteiger partial charge in [-0.25, -0.2) is 0 Å². The van der Waals surface area contributed by atoms with Crippen LogP contribution < -0.4 is 0 Å². The zero-order chi connectivity index (χ0) is 14.1. The lowest BCUT2D eigenvalue weighted by Gasteiger charge is -2.06. The predicted molar refractivity (Wildman–Crippen MR) is 79.1 cm³/mol. The Morgan fingerprint density at radius 3 is 2.40 bits per heavy atom. The summed E-state index contributed by atoms with van der Waals surface area (Å²) in [6, 6.07) is 13.8. The van der Waals surface area contributed by atoms with E-state index in [1.165, 1.54) is 0 Å². The van der Waals surface area contributed by atoms with Crippen molar-refractivity contribution in [2.75, 3.05) is 0 Å². The molecule has 0 aliphatic rings. The number of allylic oxidation sites excluding steroid dienone is 1. The molecule has 0 aliphatic heterocycles. The molecule has 4 nitrogen and oxygen atoms in total. The van der Waals surface area contributed by atoms with E-state index in [1.807, 2.05) is 49.4 Å². The SMILES string of the molecule is C=C(O)Cc1cc(C)cc(-n2nc3ccccc3n2)c1. The van der Waals surface area contributed by atoms with Gasteiger partial charge in [-0.05, 0) is 42.3 Å². The second-order valence-corrected chi connectivity index (χ2v) is 4.90. The molecule has 0 spiro atoms. The van der Waals surface area contributed by atoms with Crippen molar-refractivity contribution < 1.29 is 5.11 Å². The summed E-state index contributed by atoms with van der Waals surface area (Å²) in [4.78, 5) is 1.63. The van der Waals surface area contributed by atoms with Crippen LogP contribution in [0.5, 0.6) is 0 Å². The first-order chi connectivity index (χ1) is 9.61. The molecule has 2 aromatic carbocycles. The Bertz CT molecular complexity index is 756. The van der Waals surface area contributed by atoms with Gasteiger partial charge in [-0.2, -0.15) is 4.80 Å². The van der Waals surface area contributed by atoms with Crippen LogP contribution in [0, 0.1) is 6.92 Å². The molecular formula is C16H15N3O. The van der Waals surface area contributed by atoms with E-state index in [4.69, 9.17) is 0 Å². The van der Waals surface area contributed by atoms with Crippen molar-refractivity contribution in [3.8, 4) is 5.69 Å². The Kier molecular flexibility index (Phi) is 2.99. The number of aromatic nitrogens is 3. The molecule has 0 bridgehead atoms. The van der Waals surface area contributed by atoms with Crippen LogP contribution in [0.15, 0.2) is 54.8 Å². The third kappa shape index (κ3) is 2.40. The monoisotopic (exact) mass is 265 g/mol. The lowest BCUT2D eigenvalue weighted by atomic mass is 10.1. The number of aliphatic hydroxyl groups is 1. The van der Waals surface area contributed by atoms with Gasteiger partial charge in [-0.1, -0.05) is 24.8 Å². The standard InChI is InChI=1S/C16H15N3O/c1-11-7-13(9-12(2)20)10-14(8-11)19-17-15-5-3-4-6-16(15)18-19/h3-8,10,20H,2,9H2,1H3. The van der Waals surface area contributed by atoms with E-state index in [-0.39, 0.29) is 5.76 Å². The van der Waals surface area contributed by atoms with E-state index in [0.29, 0.717) is 6.42 Å². The van der Waals surface area contributed by atoms with Crippen molar-refractivity contribution in [2.24, 2.45) is 0 Å². The molecule has 3 rings (SSSR count). The average Bonchev–Trinajstić information content (AvgIpc) is 2.80. The smallest absolute Gasteiger partial charge is 0.113 e. The van der Waals surface area contributed by atoms with Gasteiger partial charge in [0.15, 0.2) is 0 Å². The van der Waals surface area contributed by atoms with Crippen LogP contribution in [0.2, 0.25) is 0 Å². The molecule has 0 unspecified atom stereocenters. The first-order valence-corrected chi connectivity index (χ1v) is 6.41. The van der Waals surface area contributed by atoms with Crippen LogP contribution in [0.1, 0.15) is 11.1 Å². The average molecular weight is 265 g/mol. The largest absolute Gasteiger partial charge is 0.513 e. The number of rotatable bonds is 3. The van der Waals surface area contributed by atoms with Crippen LogP contribution in [-0.2, 0) is 6.42 Å². The quantitative estimate of drug-likeness (QED) is 0.739. The lowest BCUT2D eigenvalue weighted by molar-refractivity contribution is 0.401. The minimum atomic E-state index is 0.153. The molecule has 1 heterocycles. The van der Waals surface area contributed by atoms with Crippen molar-refractivity contribution in [3.63, 3.8) is 0 Å². The first-order valence-electron chi connectivity index (χ1n) is 6.41. The number of aliphatic hydroxyl groups excluding tert-OH is 1. The fourth-order valence-electron chi connectivity index (χ4n) is 2.27. The number of benzene rings is 2. The van der Waals surface area contributed by atoms with Gasteiger partial charge in [-0.15, -0.1) is 10.2 Å². The highest BCUT2D eigenvalue weighted by Crippen LogP contribution is 2.17. The molecule has 4 heteroatoms. The van der Waals surface area contributed by atoms with Gasteiger partial charge >= 0.3 is 0 Å². The minimum absolute atomic E-state index is 0.153. The Morgan fingerprint density at radius 1 is 1.15 bits per heavy atom. The van der Waals surface area contributed by atoms with E-state index in [1.54, 1.807) is 4.80 Å². The Balaban J connectivity index is 2.08. The summed E-state index contributed by atoms with van der Waals surface area (Å²) in [6.45, 7) is 5.55. The van der Waals surface area contributed by atoms with Gasteiger partial charge in [0.25, 0.3) is 0 Å². The maximum atomic E-state index is 9.34. The van der Waals surface area contributed by atoms with Gasteiger partial charge < -0.3 is 5.11 Å². The minimum Gasteiger partial charge on any atom is -0.513 e. The molecule has 100 valence electrons. The van der Waals surface area contributed by atoms with E-state index < -0.39 is 0 Å². The number of nitrogens with zero attached hydrogens (tertiary/aromatic N) is 3. The van der Waals surface area contributed by atoms with Crippen molar-refractivity contribution in [1.82, 2.24) is 15.0 Å². The first kappa shape index (κ1) is 12.4. The lowest BCUT2D eigenvalue weighted by Crippen LogP contribution is -2.01. The highest BCUT2D eigenvalue weighted by atomic mass is 16.3. The van der Waals surface area contributed by atoms with Gasteiger partial charge in [-0.3, -0.25) is 0 Å². The molecule has 0 fully saturated rings. The predicted octanol–water partition coefficient (Wildman–Crippen LogP) is 3.34. The summed E-state index contributed by atoms with van der Waals surface area (Å²) in [5, 5.41) is 18.3. The third-order valence-corrected chi connectivity index (χ3v) is 3.05. The Hall–Kier alpha value is -2.62. The van der Waals surface area contributed by atoms with Gasteiger partial charge in [0.1, 0.15) is 11.0 Å². The molecule has 20 heavy (non-hydrogen) atoms. The topological polar surface area (TPSA) is 50.9 Å². The van der Waals surface area contributed by atoms with E-state index in [2.05, 4.69) is 16.8 Å². The van der Waals surface area contributed by atoms with Crippen molar-refractivity contribution in [1.29, 1.82) is 0 Å². The summed E-state index contributed by atoms with van der Waals surface area (Å²) in [6.07, 6.45) is 0.440. The van der Waals surface area contributed by atoms with Gasteiger partial charge in [0.2, 0.25) is 0 Å². The molecule has 1 N–H and O–H groups in total. The van der Waals surface area contributed by atoms with Crippen molar-refractivity contribution >= 4 is 11.0 Å². The molecule has 0 saturated carbocycles. The molecular weight excluding hydrogens is 250 g/mol. The fraction of sp³-hybridized carbons (Fsp3) is 0.125. The summed E-state index contributed by atoms with van der Waals surface area (Å²) in [5.41, 5.74) is 4.70. The number of hydrogen-bond acceptors (Lipinski definition) is 3. The molecule has 0 radical (unpaired) electrons. The highest BCUT2D eigenvalue weighted by Gasteiger charge is 2.06. The molecule has 1 aromatic heterocycles. The molecule has 0 saturated heterocycles. The van der Waals surface area contributed by atoms with Gasteiger partial charge in [0.05, 0.1) is 11.4 Å². The third-order valence-electron chi connectivity index (χ3n) is 3.05. The normalized spacial score (nSPS) is 10.8. The van der Waals surface area contributed by atoms with E-state index in [9.17, 15) is 5.11 Å². The van der Waals surface area contributed by atoms with Crippen LogP contribution in [0.3, 0.4) is 0 Å².